The largest absolute Gasteiger partial charge is 0.341 e. The highest BCUT2D eigenvalue weighted by atomic mass is 35.5. The zero-order chi connectivity index (χ0) is 21.7. The molecule has 0 saturated carbocycles. The van der Waals surface area contributed by atoms with Crippen LogP contribution in [-0.4, -0.2) is 35.8 Å². The monoisotopic (exact) mass is 423 g/mol. The molecule has 1 aliphatic rings. The summed E-state index contributed by atoms with van der Waals surface area (Å²) in [4.78, 5) is 27.5. The molecule has 3 rings (SSSR count). The molecule has 0 radical (unpaired) electrons. The van der Waals surface area contributed by atoms with Gasteiger partial charge in [0.05, 0.1) is 11.5 Å². The van der Waals surface area contributed by atoms with Gasteiger partial charge in [0, 0.05) is 23.7 Å². The van der Waals surface area contributed by atoms with Gasteiger partial charge in [-0.05, 0) is 48.6 Å². The Hall–Kier alpha value is -2.84. The van der Waals surface area contributed by atoms with Gasteiger partial charge in [-0.15, -0.1) is 0 Å². The minimum absolute atomic E-state index is 0.0518. The minimum Gasteiger partial charge on any atom is -0.341 e. The number of hydrogen-bond acceptors (Lipinski definition) is 3. The van der Waals surface area contributed by atoms with Crippen LogP contribution in [0.4, 0.5) is 0 Å². The van der Waals surface area contributed by atoms with Crippen LogP contribution in [0.2, 0.25) is 5.02 Å². The standard InChI is InChI=1S/C24H26ClN3O2/c1-17(2)21(27-22(29)18-6-4-3-5-7-18)23(30)28-14-12-24(16-26,13-15-28)19-8-10-20(25)11-9-19/h3-11,17,21H,12-15H2,1-2H3,(H,27,29). The fraction of sp³-hybridized carbons (Fsp3) is 0.375. The van der Waals surface area contributed by atoms with Crippen LogP contribution in [0, 0.1) is 17.2 Å². The van der Waals surface area contributed by atoms with Crippen molar-refractivity contribution in [3.63, 3.8) is 0 Å². The number of carbonyl (C=O) groups is 2. The number of hydrogen-bond donors (Lipinski definition) is 1. The average Bonchev–Trinajstić information content (AvgIpc) is 2.77. The molecular weight excluding hydrogens is 398 g/mol. The van der Waals surface area contributed by atoms with Crippen LogP contribution in [0.15, 0.2) is 54.6 Å². The highest BCUT2D eigenvalue weighted by Crippen LogP contribution is 2.35. The fourth-order valence-corrected chi connectivity index (χ4v) is 3.99. The Morgan fingerprint density at radius 2 is 1.67 bits per heavy atom. The van der Waals surface area contributed by atoms with Crippen LogP contribution < -0.4 is 5.32 Å². The fourth-order valence-electron chi connectivity index (χ4n) is 3.87. The molecule has 1 N–H and O–H groups in total. The van der Waals surface area contributed by atoms with E-state index >= 15 is 0 Å². The average molecular weight is 424 g/mol. The van der Waals surface area contributed by atoms with Gasteiger partial charge in [0.2, 0.25) is 5.91 Å². The van der Waals surface area contributed by atoms with Crippen LogP contribution in [0.1, 0.15) is 42.6 Å². The quantitative estimate of drug-likeness (QED) is 0.784. The summed E-state index contributed by atoms with van der Waals surface area (Å²) < 4.78 is 0. The van der Waals surface area contributed by atoms with Crippen molar-refractivity contribution >= 4 is 23.4 Å². The number of piperidine rings is 1. The number of rotatable bonds is 5. The molecule has 1 fully saturated rings. The van der Waals surface area contributed by atoms with Crippen molar-refractivity contribution in [2.75, 3.05) is 13.1 Å². The maximum absolute atomic E-state index is 13.2. The summed E-state index contributed by atoms with van der Waals surface area (Å²) in [6.07, 6.45) is 1.10. The third-order valence-corrected chi connectivity index (χ3v) is 6.05. The van der Waals surface area contributed by atoms with Crippen molar-refractivity contribution in [3.8, 4) is 6.07 Å². The maximum atomic E-state index is 13.2. The number of nitrogens with zero attached hydrogens (tertiary/aromatic N) is 2. The van der Waals surface area contributed by atoms with Gasteiger partial charge in [0.1, 0.15) is 6.04 Å². The maximum Gasteiger partial charge on any atom is 0.251 e. The molecule has 0 spiro atoms. The van der Waals surface area contributed by atoms with Gasteiger partial charge in [-0.1, -0.05) is 55.8 Å². The van der Waals surface area contributed by atoms with Gasteiger partial charge < -0.3 is 10.2 Å². The molecule has 1 unspecified atom stereocenters. The number of benzene rings is 2. The summed E-state index contributed by atoms with van der Waals surface area (Å²) in [6, 6.07) is 18.1. The first-order chi connectivity index (χ1) is 14.4. The van der Waals surface area contributed by atoms with Gasteiger partial charge in [0.25, 0.3) is 5.91 Å². The van der Waals surface area contributed by atoms with E-state index in [4.69, 9.17) is 11.6 Å². The topological polar surface area (TPSA) is 73.2 Å². The summed E-state index contributed by atoms with van der Waals surface area (Å²) in [6.45, 7) is 4.79. The van der Waals surface area contributed by atoms with Crippen LogP contribution in [0.5, 0.6) is 0 Å². The third kappa shape index (κ3) is 4.66. The van der Waals surface area contributed by atoms with Gasteiger partial charge in [-0.25, -0.2) is 0 Å². The molecule has 156 valence electrons. The summed E-state index contributed by atoms with van der Waals surface area (Å²) in [5.74, 6) is -0.409. The van der Waals surface area contributed by atoms with E-state index in [1.807, 2.05) is 32.0 Å². The van der Waals surface area contributed by atoms with E-state index in [9.17, 15) is 14.9 Å². The lowest BCUT2D eigenvalue weighted by Crippen LogP contribution is -2.54. The lowest BCUT2D eigenvalue weighted by molar-refractivity contribution is -0.135. The van der Waals surface area contributed by atoms with E-state index in [0.717, 1.165) is 5.56 Å². The molecule has 0 bridgehead atoms. The highest BCUT2D eigenvalue weighted by Gasteiger charge is 2.39. The molecule has 30 heavy (non-hydrogen) atoms. The number of carbonyl (C=O) groups excluding carboxylic acids is 2. The zero-order valence-corrected chi connectivity index (χ0v) is 18.0. The number of nitriles is 1. The first-order valence-corrected chi connectivity index (χ1v) is 10.6. The van der Waals surface area contributed by atoms with Gasteiger partial charge in [-0.2, -0.15) is 5.26 Å². The number of likely N-dealkylation sites (tertiary alicyclic amines) is 1. The highest BCUT2D eigenvalue weighted by molar-refractivity contribution is 6.30. The zero-order valence-electron chi connectivity index (χ0n) is 17.3. The van der Waals surface area contributed by atoms with Crippen LogP contribution >= 0.6 is 11.6 Å². The first kappa shape index (κ1) is 21.9. The Balaban J connectivity index is 1.69. The lowest BCUT2D eigenvalue weighted by atomic mass is 9.74. The predicted octanol–water partition coefficient (Wildman–Crippen LogP) is 4.18. The van der Waals surface area contributed by atoms with E-state index in [-0.39, 0.29) is 17.7 Å². The van der Waals surface area contributed by atoms with Crippen molar-refractivity contribution in [3.05, 3.63) is 70.7 Å². The summed E-state index contributed by atoms with van der Waals surface area (Å²) in [5.41, 5.74) is 0.835. The molecular formula is C24H26ClN3O2. The number of amides is 2. The van der Waals surface area contributed by atoms with E-state index in [1.165, 1.54) is 0 Å². The Bertz CT molecular complexity index is 927. The molecule has 1 aliphatic heterocycles. The Kier molecular flexibility index (Phi) is 6.79. The van der Waals surface area contributed by atoms with Crippen molar-refractivity contribution in [2.45, 2.75) is 38.1 Å². The molecule has 1 atom stereocenters. The van der Waals surface area contributed by atoms with Crippen LogP contribution in [0.25, 0.3) is 0 Å². The molecule has 5 nitrogen and oxygen atoms in total. The number of halogens is 1. The molecule has 1 saturated heterocycles. The van der Waals surface area contributed by atoms with Gasteiger partial charge >= 0.3 is 0 Å². The second-order valence-electron chi connectivity index (χ2n) is 8.09. The number of nitrogens with one attached hydrogen (secondary N) is 1. The smallest absolute Gasteiger partial charge is 0.251 e. The Morgan fingerprint density at radius 1 is 1.07 bits per heavy atom. The molecule has 0 aromatic heterocycles. The second kappa shape index (κ2) is 9.32. The van der Waals surface area contributed by atoms with E-state index in [0.29, 0.717) is 36.5 Å². The molecule has 1 heterocycles. The summed E-state index contributed by atoms with van der Waals surface area (Å²) >= 11 is 5.98. The van der Waals surface area contributed by atoms with Gasteiger partial charge in [0.15, 0.2) is 0 Å². The van der Waals surface area contributed by atoms with Crippen LogP contribution in [0.3, 0.4) is 0 Å². The van der Waals surface area contributed by atoms with E-state index in [1.54, 1.807) is 41.3 Å². The molecule has 2 amide bonds. The summed E-state index contributed by atoms with van der Waals surface area (Å²) in [5, 5.41) is 13.4. The molecule has 2 aromatic carbocycles. The second-order valence-corrected chi connectivity index (χ2v) is 8.52. The van der Waals surface area contributed by atoms with Crippen molar-refractivity contribution in [1.29, 1.82) is 5.26 Å². The molecule has 2 aromatic rings. The van der Waals surface area contributed by atoms with Crippen molar-refractivity contribution < 1.29 is 9.59 Å². The first-order valence-electron chi connectivity index (χ1n) is 10.2. The van der Waals surface area contributed by atoms with Crippen molar-refractivity contribution in [1.82, 2.24) is 10.2 Å². The lowest BCUT2D eigenvalue weighted by Gasteiger charge is -2.39. The SMILES string of the molecule is CC(C)C(NC(=O)c1ccccc1)C(=O)N1CCC(C#N)(c2ccc(Cl)cc2)CC1. The predicted molar refractivity (Wildman–Crippen MR) is 117 cm³/mol. The third-order valence-electron chi connectivity index (χ3n) is 5.79. The normalized spacial score (nSPS) is 16.6. The Morgan fingerprint density at radius 3 is 2.20 bits per heavy atom. The van der Waals surface area contributed by atoms with Crippen molar-refractivity contribution in [2.24, 2.45) is 5.92 Å². The molecule has 0 aliphatic carbocycles. The minimum atomic E-state index is -0.623. The Labute approximate surface area is 182 Å². The van der Waals surface area contributed by atoms with Gasteiger partial charge in [-0.3, -0.25) is 9.59 Å². The van der Waals surface area contributed by atoms with Crippen LogP contribution in [-0.2, 0) is 10.2 Å². The molecule has 6 heteroatoms. The summed E-state index contributed by atoms with van der Waals surface area (Å²) in [7, 11) is 0. The van der Waals surface area contributed by atoms with E-state index in [2.05, 4.69) is 11.4 Å². The van der Waals surface area contributed by atoms with E-state index < -0.39 is 11.5 Å².